The van der Waals surface area contributed by atoms with Gasteiger partial charge in [0.25, 0.3) is 5.91 Å². The van der Waals surface area contributed by atoms with E-state index in [1.807, 2.05) is 4.90 Å². The number of esters is 1. The first-order valence-electron chi connectivity index (χ1n) is 10.9. The molecule has 1 amide bonds. The molecule has 1 aliphatic heterocycles. The maximum atomic E-state index is 13.4. The molecule has 1 saturated heterocycles. The second-order valence-electron chi connectivity index (χ2n) is 10.6. The largest absolute Gasteiger partial charge is 0.455 e. The molecule has 3 fully saturated rings. The van der Waals surface area contributed by atoms with Crippen LogP contribution in [0.3, 0.4) is 0 Å². The van der Waals surface area contributed by atoms with Gasteiger partial charge in [-0.15, -0.1) is 0 Å². The molecule has 2 saturated carbocycles. The quantitative estimate of drug-likeness (QED) is 0.693. The number of rotatable bonds is 4. The summed E-state index contributed by atoms with van der Waals surface area (Å²) in [5.41, 5.74) is 0.440. The summed E-state index contributed by atoms with van der Waals surface area (Å²) >= 11 is 0. The summed E-state index contributed by atoms with van der Waals surface area (Å²) in [6.45, 7) is 7.37. The molecule has 29 heavy (non-hydrogen) atoms. The summed E-state index contributed by atoms with van der Waals surface area (Å²) in [6.07, 6.45) is 6.39. The Morgan fingerprint density at radius 3 is 2.41 bits per heavy atom. The Balaban J connectivity index is 1.44. The number of amides is 1. The van der Waals surface area contributed by atoms with E-state index in [0.717, 1.165) is 44.2 Å². The van der Waals surface area contributed by atoms with E-state index >= 15 is 0 Å². The van der Waals surface area contributed by atoms with E-state index in [-0.39, 0.29) is 41.2 Å². The van der Waals surface area contributed by atoms with Gasteiger partial charge in [-0.05, 0) is 60.6 Å². The van der Waals surface area contributed by atoms with E-state index in [1.165, 1.54) is 12.1 Å². The van der Waals surface area contributed by atoms with Gasteiger partial charge in [0.15, 0.2) is 6.61 Å². The maximum Gasteiger partial charge on any atom is 0.317 e. The van der Waals surface area contributed by atoms with E-state index in [0.29, 0.717) is 12.8 Å². The van der Waals surface area contributed by atoms with Gasteiger partial charge in [0, 0.05) is 12.6 Å². The standard InChI is InChI=1S/C24H32FNO3/c1-22(2)12-19-13-23(3,15-22)16-26(19)20(27)14-29-21(28)24(10-4-5-11-24)17-6-8-18(25)9-7-17/h6-9,19H,4-5,10-16H2,1-3H3/t19-,23+/m1/s1. The minimum atomic E-state index is -0.747. The summed E-state index contributed by atoms with van der Waals surface area (Å²) in [5, 5.41) is 0. The van der Waals surface area contributed by atoms with Crippen LogP contribution in [0.25, 0.3) is 0 Å². The number of carbonyl (C=O) groups excluding carboxylic acids is 2. The molecule has 1 aromatic carbocycles. The number of likely N-dealkylation sites (tertiary alicyclic amines) is 1. The zero-order valence-electron chi connectivity index (χ0n) is 17.8. The lowest BCUT2D eigenvalue weighted by Crippen LogP contribution is -2.42. The average Bonchev–Trinajstić information content (AvgIpc) is 3.22. The average molecular weight is 402 g/mol. The molecule has 2 bridgehead atoms. The van der Waals surface area contributed by atoms with Crippen LogP contribution in [0.2, 0.25) is 0 Å². The van der Waals surface area contributed by atoms with Gasteiger partial charge < -0.3 is 9.64 Å². The number of nitrogens with zero attached hydrogens (tertiary/aromatic N) is 1. The molecule has 4 rings (SSSR count). The highest BCUT2D eigenvalue weighted by Crippen LogP contribution is 2.52. The third-order valence-corrected chi connectivity index (χ3v) is 7.31. The molecule has 0 radical (unpaired) electrons. The van der Waals surface area contributed by atoms with E-state index in [9.17, 15) is 14.0 Å². The third-order valence-electron chi connectivity index (χ3n) is 7.31. The van der Waals surface area contributed by atoms with E-state index < -0.39 is 5.41 Å². The van der Waals surface area contributed by atoms with Crippen LogP contribution in [0.5, 0.6) is 0 Å². The Hall–Kier alpha value is -1.91. The highest BCUT2D eigenvalue weighted by Gasteiger charge is 2.51. The van der Waals surface area contributed by atoms with Gasteiger partial charge in [0.2, 0.25) is 0 Å². The van der Waals surface area contributed by atoms with Crippen molar-refractivity contribution in [1.82, 2.24) is 4.90 Å². The van der Waals surface area contributed by atoms with E-state index in [1.54, 1.807) is 12.1 Å². The van der Waals surface area contributed by atoms with Gasteiger partial charge in [0.1, 0.15) is 5.82 Å². The van der Waals surface area contributed by atoms with Crippen molar-refractivity contribution >= 4 is 11.9 Å². The van der Waals surface area contributed by atoms with Gasteiger partial charge >= 0.3 is 5.97 Å². The molecule has 4 nitrogen and oxygen atoms in total. The number of hydrogen-bond acceptors (Lipinski definition) is 3. The smallest absolute Gasteiger partial charge is 0.317 e. The Morgan fingerprint density at radius 1 is 1.10 bits per heavy atom. The van der Waals surface area contributed by atoms with Gasteiger partial charge in [-0.25, -0.2) is 4.39 Å². The molecule has 2 aliphatic carbocycles. The second-order valence-corrected chi connectivity index (χ2v) is 10.6. The van der Waals surface area contributed by atoms with Crippen molar-refractivity contribution in [3.63, 3.8) is 0 Å². The van der Waals surface area contributed by atoms with Crippen LogP contribution in [0.1, 0.15) is 71.3 Å². The molecule has 0 aromatic heterocycles. The lowest BCUT2D eigenvalue weighted by atomic mass is 9.65. The van der Waals surface area contributed by atoms with Gasteiger partial charge in [-0.1, -0.05) is 45.7 Å². The molecular formula is C24H32FNO3. The lowest BCUT2D eigenvalue weighted by molar-refractivity contribution is -0.157. The van der Waals surface area contributed by atoms with Crippen molar-refractivity contribution in [2.75, 3.05) is 13.2 Å². The molecule has 2 atom stereocenters. The minimum absolute atomic E-state index is 0.0861. The van der Waals surface area contributed by atoms with Crippen molar-refractivity contribution in [3.05, 3.63) is 35.6 Å². The fourth-order valence-corrected chi connectivity index (χ4v) is 6.46. The Kier molecular flexibility index (Phi) is 4.99. The SMILES string of the molecule is CC1(C)C[C@@H]2C[C@](C)(CN2C(=O)COC(=O)C2(c3ccc(F)cc3)CCCC2)C1. The van der Waals surface area contributed by atoms with Crippen LogP contribution in [-0.2, 0) is 19.7 Å². The Bertz CT molecular complexity index is 797. The number of carbonyl (C=O) groups is 2. The topological polar surface area (TPSA) is 46.6 Å². The number of halogens is 1. The van der Waals surface area contributed by atoms with Gasteiger partial charge in [-0.3, -0.25) is 9.59 Å². The normalized spacial score (nSPS) is 29.7. The number of fused-ring (bicyclic) bond motifs is 2. The van der Waals surface area contributed by atoms with Crippen LogP contribution in [-0.4, -0.2) is 36.0 Å². The highest BCUT2D eigenvalue weighted by molar-refractivity contribution is 5.87. The molecule has 3 aliphatic rings. The summed E-state index contributed by atoms with van der Waals surface area (Å²) in [5.74, 6) is -0.747. The first-order valence-corrected chi connectivity index (χ1v) is 10.9. The van der Waals surface area contributed by atoms with Crippen molar-refractivity contribution in [2.45, 2.75) is 77.2 Å². The molecule has 0 N–H and O–H groups in total. The maximum absolute atomic E-state index is 13.4. The molecule has 0 unspecified atom stereocenters. The third kappa shape index (κ3) is 3.80. The van der Waals surface area contributed by atoms with Crippen molar-refractivity contribution in [2.24, 2.45) is 10.8 Å². The molecule has 5 heteroatoms. The number of hydrogen-bond donors (Lipinski definition) is 0. The summed E-state index contributed by atoms with van der Waals surface area (Å²) in [4.78, 5) is 28.0. The Labute approximate surface area is 172 Å². The molecule has 1 aromatic rings. The van der Waals surface area contributed by atoms with Crippen molar-refractivity contribution in [1.29, 1.82) is 0 Å². The Morgan fingerprint density at radius 2 is 1.76 bits per heavy atom. The lowest BCUT2D eigenvalue weighted by Gasteiger charge is -2.39. The van der Waals surface area contributed by atoms with Gasteiger partial charge in [-0.2, -0.15) is 0 Å². The second kappa shape index (κ2) is 7.10. The zero-order valence-corrected chi connectivity index (χ0v) is 17.8. The van der Waals surface area contributed by atoms with Crippen LogP contribution in [0, 0.1) is 16.6 Å². The predicted molar refractivity (Wildman–Crippen MR) is 109 cm³/mol. The van der Waals surface area contributed by atoms with E-state index in [2.05, 4.69) is 20.8 Å². The molecule has 0 spiro atoms. The first-order chi connectivity index (χ1) is 13.6. The number of benzene rings is 1. The summed E-state index contributed by atoms with van der Waals surface area (Å²) < 4.78 is 19.0. The predicted octanol–water partition coefficient (Wildman–Crippen LogP) is 4.61. The fourth-order valence-electron chi connectivity index (χ4n) is 6.46. The monoisotopic (exact) mass is 401 g/mol. The van der Waals surface area contributed by atoms with Crippen LogP contribution in [0.4, 0.5) is 4.39 Å². The summed E-state index contributed by atoms with van der Waals surface area (Å²) in [6, 6.07) is 6.38. The zero-order chi connectivity index (χ0) is 20.9. The van der Waals surface area contributed by atoms with Crippen LogP contribution >= 0.6 is 0 Å². The first kappa shape index (κ1) is 20.4. The molecular weight excluding hydrogens is 369 g/mol. The molecule has 158 valence electrons. The van der Waals surface area contributed by atoms with Crippen LogP contribution < -0.4 is 0 Å². The summed E-state index contributed by atoms with van der Waals surface area (Å²) in [7, 11) is 0. The van der Waals surface area contributed by atoms with Crippen molar-refractivity contribution in [3.8, 4) is 0 Å². The minimum Gasteiger partial charge on any atom is -0.455 e. The van der Waals surface area contributed by atoms with Crippen molar-refractivity contribution < 1.29 is 18.7 Å². The molecule has 1 heterocycles. The highest BCUT2D eigenvalue weighted by atomic mass is 19.1. The van der Waals surface area contributed by atoms with Gasteiger partial charge in [0.05, 0.1) is 5.41 Å². The van der Waals surface area contributed by atoms with Crippen LogP contribution in [0.15, 0.2) is 24.3 Å². The van der Waals surface area contributed by atoms with E-state index in [4.69, 9.17) is 4.74 Å². The fraction of sp³-hybridized carbons (Fsp3) is 0.667. The number of ether oxygens (including phenoxy) is 1.